The number of ether oxygens (including phenoxy) is 1. The van der Waals surface area contributed by atoms with E-state index < -0.39 is 0 Å². The van der Waals surface area contributed by atoms with E-state index in [1.807, 2.05) is 6.07 Å². The van der Waals surface area contributed by atoms with Crippen molar-refractivity contribution in [2.24, 2.45) is 5.41 Å². The Morgan fingerprint density at radius 3 is 1.64 bits per heavy atom. The van der Waals surface area contributed by atoms with Crippen LogP contribution in [0.15, 0.2) is 12.1 Å². The minimum absolute atomic E-state index is 0.103. The Labute approximate surface area is 205 Å². The lowest BCUT2D eigenvalue weighted by atomic mass is 9.72. The van der Waals surface area contributed by atoms with Crippen LogP contribution in [-0.2, 0) is 5.41 Å². The molecule has 1 aromatic carbocycles. The van der Waals surface area contributed by atoms with Crippen LogP contribution in [0.3, 0.4) is 0 Å². The molecule has 0 aliphatic heterocycles. The lowest BCUT2D eigenvalue weighted by Crippen LogP contribution is -2.25. The molecule has 0 bridgehead atoms. The minimum atomic E-state index is -0.103. The van der Waals surface area contributed by atoms with Gasteiger partial charge in [0.25, 0.3) is 0 Å². The van der Waals surface area contributed by atoms with Gasteiger partial charge in [-0.05, 0) is 29.7 Å². The predicted octanol–water partition coefficient (Wildman–Crippen LogP) is 9.55. The number of anilines is 1. The third kappa shape index (κ3) is 13.2. The maximum Gasteiger partial charge on any atom is 0.139 e. The fraction of sp³-hybridized carbons (Fsp3) is 0.800. The molecule has 0 unspecified atom stereocenters. The quantitative estimate of drug-likeness (QED) is 0.130. The third-order valence-electron chi connectivity index (χ3n) is 6.59. The monoisotopic (exact) mass is 461 g/mol. The molecule has 0 radical (unpaired) electrons. The van der Waals surface area contributed by atoms with Gasteiger partial charge in [-0.3, -0.25) is 0 Å². The van der Waals surface area contributed by atoms with Crippen molar-refractivity contribution >= 4 is 5.69 Å². The first-order valence-electron chi connectivity index (χ1n) is 13.8. The summed E-state index contributed by atoms with van der Waals surface area (Å²) in [7, 11) is 0. The number of phenolic OH excluding ortho intramolecular Hbond substituents is 1. The number of hydrogen-bond donors (Lipinski definition) is 2. The van der Waals surface area contributed by atoms with Crippen molar-refractivity contribution in [2.45, 2.75) is 143 Å². The molecule has 0 atom stereocenters. The van der Waals surface area contributed by atoms with E-state index in [-0.39, 0.29) is 16.6 Å². The molecule has 0 aliphatic rings. The smallest absolute Gasteiger partial charge is 0.139 e. The maximum atomic E-state index is 10.2. The SMILES string of the molecule is CCCCCCCCCCCCCCCCOc1cc(N)c(O)cc1C(C)(C)CC(C)(C)C. The summed E-state index contributed by atoms with van der Waals surface area (Å²) in [5, 5.41) is 10.2. The zero-order chi connectivity index (χ0) is 24.7. The summed E-state index contributed by atoms with van der Waals surface area (Å²) in [6.07, 6.45) is 20.0. The Kier molecular flexibility index (Phi) is 13.9. The van der Waals surface area contributed by atoms with Gasteiger partial charge < -0.3 is 15.6 Å². The number of nitrogens with two attached hydrogens (primary N) is 1. The van der Waals surface area contributed by atoms with E-state index >= 15 is 0 Å². The number of rotatable bonds is 18. The molecule has 0 aliphatic carbocycles. The minimum Gasteiger partial charge on any atom is -0.506 e. The van der Waals surface area contributed by atoms with E-state index in [1.54, 1.807) is 6.07 Å². The van der Waals surface area contributed by atoms with Crippen molar-refractivity contribution in [2.75, 3.05) is 12.3 Å². The van der Waals surface area contributed by atoms with Gasteiger partial charge in [0, 0.05) is 11.6 Å². The van der Waals surface area contributed by atoms with Crippen LogP contribution in [-0.4, -0.2) is 11.7 Å². The van der Waals surface area contributed by atoms with Gasteiger partial charge in [0.1, 0.15) is 11.5 Å². The van der Waals surface area contributed by atoms with E-state index in [0.717, 1.165) is 24.2 Å². The Bertz CT molecular complexity index is 645. The van der Waals surface area contributed by atoms with Crippen molar-refractivity contribution < 1.29 is 9.84 Å². The lowest BCUT2D eigenvalue weighted by molar-refractivity contribution is 0.262. The van der Waals surface area contributed by atoms with Crippen molar-refractivity contribution in [1.82, 2.24) is 0 Å². The van der Waals surface area contributed by atoms with Crippen molar-refractivity contribution in [3.8, 4) is 11.5 Å². The van der Waals surface area contributed by atoms with Gasteiger partial charge >= 0.3 is 0 Å². The fourth-order valence-electron chi connectivity index (χ4n) is 5.13. The molecule has 3 N–H and O–H groups in total. The van der Waals surface area contributed by atoms with E-state index in [4.69, 9.17) is 10.5 Å². The van der Waals surface area contributed by atoms with Gasteiger partial charge in [0.15, 0.2) is 0 Å². The lowest BCUT2D eigenvalue weighted by Gasteiger charge is -2.34. The number of benzene rings is 1. The fourth-order valence-corrected chi connectivity index (χ4v) is 5.13. The molecule has 0 fully saturated rings. The molecular formula is C30H55NO2. The van der Waals surface area contributed by atoms with E-state index in [0.29, 0.717) is 12.3 Å². The molecule has 0 saturated carbocycles. The number of phenols is 1. The molecule has 1 aromatic rings. The average Bonchev–Trinajstić information content (AvgIpc) is 2.71. The maximum absolute atomic E-state index is 10.2. The first kappa shape index (κ1) is 29.7. The van der Waals surface area contributed by atoms with Crippen LogP contribution in [0.2, 0.25) is 0 Å². The molecule has 0 spiro atoms. The molecule has 1 rings (SSSR count). The Hall–Kier alpha value is -1.38. The highest BCUT2D eigenvalue weighted by atomic mass is 16.5. The summed E-state index contributed by atoms with van der Waals surface area (Å²) in [5.74, 6) is 0.977. The molecule has 0 heterocycles. The molecule has 33 heavy (non-hydrogen) atoms. The highest BCUT2D eigenvalue weighted by Crippen LogP contribution is 2.43. The second-order valence-corrected chi connectivity index (χ2v) is 12.0. The van der Waals surface area contributed by atoms with E-state index in [1.165, 1.54) is 83.5 Å². The molecule has 192 valence electrons. The summed E-state index contributed by atoms with van der Waals surface area (Å²) >= 11 is 0. The van der Waals surface area contributed by atoms with Crippen LogP contribution in [0.4, 0.5) is 5.69 Å². The molecule has 0 amide bonds. The number of unbranched alkanes of at least 4 members (excludes halogenated alkanes) is 13. The second kappa shape index (κ2) is 15.5. The summed E-state index contributed by atoms with van der Waals surface area (Å²) in [6.45, 7) is 14.2. The van der Waals surface area contributed by atoms with Crippen LogP contribution in [0.5, 0.6) is 11.5 Å². The van der Waals surface area contributed by atoms with Crippen molar-refractivity contribution in [3.63, 3.8) is 0 Å². The first-order valence-corrected chi connectivity index (χ1v) is 13.8. The summed E-state index contributed by atoms with van der Waals surface area (Å²) in [4.78, 5) is 0. The molecular weight excluding hydrogens is 406 g/mol. The van der Waals surface area contributed by atoms with Crippen LogP contribution in [0, 0.1) is 5.41 Å². The van der Waals surface area contributed by atoms with Crippen LogP contribution >= 0.6 is 0 Å². The zero-order valence-electron chi connectivity index (χ0n) is 22.9. The van der Waals surface area contributed by atoms with Gasteiger partial charge in [-0.25, -0.2) is 0 Å². The standard InChI is InChI=1S/C30H55NO2/c1-7-8-9-10-11-12-13-14-15-16-17-18-19-20-21-33-28-23-26(31)27(32)22-25(28)30(5,6)24-29(2,3)4/h22-23,32H,7-21,24,31H2,1-6H3. The largest absolute Gasteiger partial charge is 0.506 e. The van der Waals surface area contributed by atoms with Crippen molar-refractivity contribution in [3.05, 3.63) is 17.7 Å². The van der Waals surface area contributed by atoms with Gasteiger partial charge in [-0.2, -0.15) is 0 Å². The normalized spacial score (nSPS) is 12.3. The summed E-state index contributed by atoms with van der Waals surface area (Å²) < 4.78 is 6.19. The van der Waals surface area contributed by atoms with Crippen LogP contribution in [0.1, 0.15) is 143 Å². The molecule has 0 aromatic heterocycles. The molecule has 3 heteroatoms. The Balaban J connectivity index is 2.26. The van der Waals surface area contributed by atoms with Gasteiger partial charge in [0.2, 0.25) is 0 Å². The second-order valence-electron chi connectivity index (χ2n) is 12.0. The van der Waals surface area contributed by atoms with Crippen LogP contribution in [0.25, 0.3) is 0 Å². The third-order valence-corrected chi connectivity index (χ3v) is 6.59. The Morgan fingerprint density at radius 2 is 1.18 bits per heavy atom. The molecule has 3 nitrogen and oxygen atoms in total. The topological polar surface area (TPSA) is 55.5 Å². The van der Waals surface area contributed by atoms with Crippen LogP contribution < -0.4 is 10.5 Å². The average molecular weight is 462 g/mol. The van der Waals surface area contributed by atoms with Gasteiger partial charge in [0.05, 0.1) is 12.3 Å². The van der Waals surface area contributed by atoms with Gasteiger partial charge in [-0.15, -0.1) is 0 Å². The summed E-state index contributed by atoms with van der Waals surface area (Å²) in [5.41, 5.74) is 7.51. The van der Waals surface area contributed by atoms with E-state index in [2.05, 4.69) is 41.5 Å². The Morgan fingerprint density at radius 1 is 0.727 bits per heavy atom. The summed E-state index contributed by atoms with van der Waals surface area (Å²) in [6, 6.07) is 3.61. The first-order chi connectivity index (χ1) is 15.6. The number of hydrogen-bond acceptors (Lipinski definition) is 3. The van der Waals surface area contributed by atoms with Gasteiger partial charge in [-0.1, -0.05) is 125 Å². The molecule has 0 saturated heterocycles. The van der Waals surface area contributed by atoms with E-state index in [9.17, 15) is 5.11 Å². The number of aromatic hydroxyl groups is 1. The predicted molar refractivity (Wildman–Crippen MR) is 145 cm³/mol. The highest BCUT2D eigenvalue weighted by molar-refractivity contribution is 5.60. The number of nitrogen functional groups attached to an aromatic ring is 1. The van der Waals surface area contributed by atoms with Crippen molar-refractivity contribution in [1.29, 1.82) is 0 Å². The highest BCUT2D eigenvalue weighted by Gasteiger charge is 2.30. The zero-order valence-corrected chi connectivity index (χ0v) is 22.9.